The van der Waals surface area contributed by atoms with Crippen LogP contribution in [0.2, 0.25) is 5.02 Å². The predicted molar refractivity (Wildman–Crippen MR) is 61.8 cm³/mol. The number of thioether (sulfide) groups is 1. The molecule has 2 rings (SSSR count). The van der Waals surface area contributed by atoms with Crippen molar-refractivity contribution in [1.82, 2.24) is 15.2 Å². The molecule has 0 aliphatic carbocycles. The third-order valence-corrected chi connectivity index (χ3v) is 3.11. The maximum Gasteiger partial charge on any atom is 0.183 e. The molecule has 78 valence electrons. The zero-order chi connectivity index (χ0) is 10.7. The number of nitrogens with one attached hydrogen (secondary N) is 1. The van der Waals surface area contributed by atoms with Crippen LogP contribution in [0.4, 0.5) is 5.69 Å². The molecule has 0 fully saturated rings. The van der Waals surface area contributed by atoms with Crippen molar-refractivity contribution in [2.75, 3.05) is 5.73 Å². The second-order valence-electron chi connectivity index (χ2n) is 2.93. The van der Waals surface area contributed by atoms with Crippen LogP contribution >= 0.6 is 23.4 Å². The van der Waals surface area contributed by atoms with Crippen molar-refractivity contribution in [1.29, 1.82) is 0 Å². The molecule has 0 unspecified atom stereocenters. The van der Waals surface area contributed by atoms with Gasteiger partial charge in [0.05, 0.1) is 0 Å². The molecular weight excluding hydrogens is 232 g/mol. The van der Waals surface area contributed by atoms with Gasteiger partial charge in [-0.2, -0.15) is 5.10 Å². The first kappa shape index (κ1) is 10.3. The van der Waals surface area contributed by atoms with E-state index in [-0.39, 0.29) is 0 Å². The lowest BCUT2D eigenvalue weighted by Crippen LogP contribution is -1.88. The van der Waals surface area contributed by atoms with Crippen molar-refractivity contribution >= 4 is 29.1 Å². The van der Waals surface area contributed by atoms with Crippen LogP contribution in [-0.4, -0.2) is 15.2 Å². The molecule has 0 amide bonds. The van der Waals surface area contributed by atoms with Gasteiger partial charge in [0.15, 0.2) is 5.16 Å². The Morgan fingerprint density at radius 1 is 1.47 bits per heavy atom. The summed E-state index contributed by atoms with van der Waals surface area (Å²) in [4.78, 5) is 4.01. The quantitative estimate of drug-likeness (QED) is 0.638. The summed E-state index contributed by atoms with van der Waals surface area (Å²) < 4.78 is 0. The van der Waals surface area contributed by atoms with E-state index in [9.17, 15) is 0 Å². The van der Waals surface area contributed by atoms with Crippen molar-refractivity contribution in [3.63, 3.8) is 0 Å². The number of nitrogens with zero attached hydrogens (tertiary/aromatic N) is 2. The van der Waals surface area contributed by atoms with Crippen LogP contribution in [0.5, 0.6) is 0 Å². The van der Waals surface area contributed by atoms with E-state index in [0.717, 1.165) is 16.5 Å². The smallest absolute Gasteiger partial charge is 0.183 e. The van der Waals surface area contributed by atoms with E-state index in [2.05, 4.69) is 15.2 Å². The maximum atomic E-state index is 6.03. The number of hydrogen-bond acceptors (Lipinski definition) is 4. The Morgan fingerprint density at radius 3 is 3.00 bits per heavy atom. The first-order valence-corrected chi connectivity index (χ1v) is 5.64. The van der Waals surface area contributed by atoms with Gasteiger partial charge in [-0.15, -0.1) is 0 Å². The zero-order valence-corrected chi connectivity index (χ0v) is 9.35. The van der Waals surface area contributed by atoms with Crippen LogP contribution in [0.1, 0.15) is 5.56 Å². The Labute approximate surface area is 96.2 Å². The molecule has 0 spiro atoms. The highest BCUT2D eigenvalue weighted by molar-refractivity contribution is 7.98. The Balaban J connectivity index is 2.05. The molecule has 3 N–H and O–H groups in total. The number of aromatic nitrogens is 3. The lowest BCUT2D eigenvalue weighted by atomic mass is 10.2. The van der Waals surface area contributed by atoms with Crippen LogP contribution < -0.4 is 5.73 Å². The zero-order valence-electron chi connectivity index (χ0n) is 7.77. The van der Waals surface area contributed by atoms with Gasteiger partial charge in [0.25, 0.3) is 0 Å². The SMILES string of the molecule is Nc1ccc(CSc2ncn[nH]2)c(Cl)c1. The summed E-state index contributed by atoms with van der Waals surface area (Å²) in [6.07, 6.45) is 1.48. The molecule has 0 aliphatic heterocycles. The highest BCUT2D eigenvalue weighted by Crippen LogP contribution is 2.25. The van der Waals surface area contributed by atoms with E-state index in [1.807, 2.05) is 12.1 Å². The fraction of sp³-hybridized carbons (Fsp3) is 0.111. The molecule has 4 nitrogen and oxygen atoms in total. The summed E-state index contributed by atoms with van der Waals surface area (Å²) in [5, 5.41) is 8.00. The summed E-state index contributed by atoms with van der Waals surface area (Å²) in [5.41, 5.74) is 7.31. The first-order valence-electron chi connectivity index (χ1n) is 4.28. The number of nitrogen functional groups attached to an aromatic ring is 1. The average Bonchev–Trinajstić information content (AvgIpc) is 2.69. The summed E-state index contributed by atoms with van der Waals surface area (Å²) in [6.45, 7) is 0. The molecule has 0 bridgehead atoms. The van der Waals surface area contributed by atoms with E-state index in [1.165, 1.54) is 6.33 Å². The lowest BCUT2D eigenvalue weighted by molar-refractivity contribution is 0.973. The Hall–Kier alpha value is -1.20. The minimum Gasteiger partial charge on any atom is -0.399 e. The van der Waals surface area contributed by atoms with E-state index in [4.69, 9.17) is 17.3 Å². The second kappa shape index (κ2) is 4.55. The fourth-order valence-electron chi connectivity index (χ4n) is 1.09. The molecular formula is C9H9ClN4S. The molecule has 0 radical (unpaired) electrons. The minimum absolute atomic E-state index is 0.674. The van der Waals surface area contributed by atoms with Gasteiger partial charge < -0.3 is 5.73 Å². The van der Waals surface area contributed by atoms with Gasteiger partial charge in [0, 0.05) is 16.5 Å². The average molecular weight is 241 g/mol. The van der Waals surface area contributed by atoms with Gasteiger partial charge >= 0.3 is 0 Å². The van der Waals surface area contributed by atoms with E-state index in [0.29, 0.717) is 10.7 Å². The van der Waals surface area contributed by atoms with Gasteiger partial charge in [-0.25, -0.2) is 4.98 Å². The number of nitrogens with two attached hydrogens (primary N) is 1. The van der Waals surface area contributed by atoms with Crippen LogP contribution in [-0.2, 0) is 5.75 Å². The lowest BCUT2D eigenvalue weighted by Gasteiger charge is -2.03. The van der Waals surface area contributed by atoms with E-state index >= 15 is 0 Å². The van der Waals surface area contributed by atoms with Crippen LogP contribution in [0, 0.1) is 0 Å². The molecule has 2 aromatic rings. The largest absolute Gasteiger partial charge is 0.399 e. The fourth-order valence-corrected chi connectivity index (χ4v) is 2.21. The van der Waals surface area contributed by atoms with Crippen molar-refractivity contribution in [3.8, 4) is 0 Å². The van der Waals surface area contributed by atoms with Gasteiger partial charge in [0.2, 0.25) is 0 Å². The normalized spacial score (nSPS) is 10.5. The highest BCUT2D eigenvalue weighted by Gasteiger charge is 2.03. The van der Waals surface area contributed by atoms with Gasteiger partial charge in [-0.05, 0) is 17.7 Å². The van der Waals surface area contributed by atoms with Gasteiger partial charge in [0.1, 0.15) is 6.33 Å². The van der Waals surface area contributed by atoms with Gasteiger partial charge in [-0.3, -0.25) is 5.10 Å². The predicted octanol–water partition coefficient (Wildman–Crippen LogP) is 2.33. The molecule has 0 aliphatic rings. The first-order chi connectivity index (χ1) is 7.25. The Morgan fingerprint density at radius 2 is 2.33 bits per heavy atom. The van der Waals surface area contributed by atoms with Crippen molar-refractivity contribution in [2.45, 2.75) is 10.9 Å². The van der Waals surface area contributed by atoms with E-state index < -0.39 is 0 Å². The third kappa shape index (κ3) is 2.64. The second-order valence-corrected chi connectivity index (χ2v) is 4.30. The third-order valence-electron chi connectivity index (χ3n) is 1.83. The maximum absolute atomic E-state index is 6.03. The van der Waals surface area contributed by atoms with Crippen molar-refractivity contribution in [2.24, 2.45) is 0 Å². The molecule has 0 saturated carbocycles. The number of rotatable bonds is 3. The summed E-state index contributed by atoms with van der Waals surface area (Å²) in [7, 11) is 0. The molecule has 15 heavy (non-hydrogen) atoms. The number of aromatic amines is 1. The number of hydrogen-bond donors (Lipinski definition) is 2. The van der Waals surface area contributed by atoms with E-state index in [1.54, 1.807) is 17.8 Å². The molecule has 1 heterocycles. The Bertz CT molecular complexity index is 443. The number of benzene rings is 1. The minimum atomic E-state index is 0.674. The highest BCUT2D eigenvalue weighted by atomic mass is 35.5. The summed E-state index contributed by atoms with van der Waals surface area (Å²) >= 11 is 7.58. The molecule has 1 aromatic carbocycles. The number of anilines is 1. The molecule has 0 atom stereocenters. The van der Waals surface area contributed by atoms with Crippen LogP contribution in [0.3, 0.4) is 0 Å². The topological polar surface area (TPSA) is 67.6 Å². The van der Waals surface area contributed by atoms with Crippen LogP contribution in [0.25, 0.3) is 0 Å². The standard InChI is InChI=1S/C9H9ClN4S/c10-8-3-7(11)2-1-6(8)4-15-9-12-5-13-14-9/h1-3,5H,4,11H2,(H,12,13,14). The van der Waals surface area contributed by atoms with Crippen LogP contribution in [0.15, 0.2) is 29.7 Å². The number of H-pyrrole nitrogens is 1. The number of halogens is 1. The molecule has 0 saturated heterocycles. The summed E-state index contributed by atoms with van der Waals surface area (Å²) in [5.74, 6) is 0.744. The van der Waals surface area contributed by atoms with Crippen molar-refractivity contribution in [3.05, 3.63) is 35.1 Å². The molecule has 6 heteroatoms. The van der Waals surface area contributed by atoms with Gasteiger partial charge in [-0.1, -0.05) is 29.4 Å². The summed E-state index contributed by atoms with van der Waals surface area (Å²) in [6, 6.07) is 5.50. The Kier molecular flexibility index (Phi) is 3.13. The molecule has 1 aromatic heterocycles. The monoisotopic (exact) mass is 240 g/mol. The van der Waals surface area contributed by atoms with Crippen molar-refractivity contribution < 1.29 is 0 Å².